The zero-order chi connectivity index (χ0) is 20.5. The lowest BCUT2D eigenvalue weighted by Gasteiger charge is -2.14. The lowest BCUT2D eigenvalue weighted by molar-refractivity contribution is 0.396. The van der Waals surface area contributed by atoms with E-state index in [0.717, 1.165) is 31.6 Å². The fourth-order valence-corrected chi connectivity index (χ4v) is 3.97. The molecule has 0 bridgehead atoms. The molecule has 0 N–H and O–H groups in total. The second kappa shape index (κ2) is 24.6. The van der Waals surface area contributed by atoms with Crippen molar-refractivity contribution >= 4 is 0 Å². The molecule has 0 heteroatoms. The third kappa shape index (κ3) is 21.9. The second-order valence-electron chi connectivity index (χ2n) is 8.72. The quantitative estimate of drug-likeness (QED) is 0.135. The van der Waals surface area contributed by atoms with E-state index in [-0.39, 0.29) is 0 Å². The van der Waals surface area contributed by atoms with E-state index >= 15 is 0 Å². The molecule has 0 aliphatic rings. The molecule has 164 valence electrons. The third-order valence-corrected chi connectivity index (χ3v) is 6.03. The van der Waals surface area contributed by atoms with Crippen LogP contribution in [0.15, 0.2) is 0 Å². The average molecular weight is 389 g/mol. The van der Waals surface area contributed by atoms with Gasteiger partial charge in [-0.2, -0.15) is 0 Å². The zero-order valence-electron chi connectivity index (χ0n) is 19.5. The summed E-state index contributed by atoms with van der Waals surface area (Å²) >= 11 is 0. The number of hydrogen-bond acceptors (Lipinski definition) is 0. The van der Waals surface area contributed by atoms with Crippen molar-refractivity contribution in [3.63, 3.8) is 0 Å². The van der Waals surface area contributed by atoms with Gasteiger partial charge in [-0.25, -0.2) is 0 Å². The largest absolute Gasteiger partial charge is 0.103 e. The Labute approximate surface area is 180 Å². The molecular formula is C28H52. The van der Waals surface area contributed by atoms with Crippen LogP contribution in [0.4, 0.5) is 0 Å². The van der Waals surface area contributed by atoms with Gasteiger partial charge in [0, 0.05) is 12.8 Å². The molecule has 0 nitrogen and oxygen atoms in total. The number of rotatable bonds is 21. The SMILES string of the molecule is [CH2]CCCCCCCCCCC#CCCCCCC(CC)CCCCCC[CH2]. The average Bonchev–Trinajstić information content (AvgIpc) is 2.71. The van der Waals surface area contributed by atoms with Crippen LogP contribution in [-0.2, 0) is 0 Å². The summed E-state index contributed by atoms with van der Waals surface area (Å²) in [6.45, 7) is 10.2. The highest BCUT2D eigenvalue weighted by atomic mass is 14.1. The Morgan fingerprint density at radius 1 is 0.500 bits per heavy atom. The summed E-state index contributed by atoms with van der Waals surface area (Å²) in [6.07, 6.45) is 29.4. The molecule has 0 heterocycles. The van der Waals surface area contributed by atoms with Gasteiger partial charge in [-0.15, -0.1) is 11.8 Å². The first kappa shape index (κ1) is 27.6. The molecule has 0 aliphatic heterocycles. The van der Waals surface area contributed by atoms with Crippen molar-refractivity contribution in [2.75, 3.05) is 0 Å². The molecule has 0 saturated heterocycles. The normalized spacial score (nSPS) is 12.0. The molecule has 0 aliphatic carbocycles. The minimum Gasteiger partial charge on any atom is -0.103 e. The molecule has 0 fully saturated rings. The number of hydrogen-bond donors (Lipinski definition) is 0. The summed E-state index contributed by atoms with van der Waals surface area (Å²) < 4.78 is 0. The molecule has 1 unspecified atom stereocenters. The first-order valence-corrected chi connectivity index (χ1v) is 12.9. The highest BCUT2D eigenvalue weighted by Crippen LogP contribution is 2.21. The maximum Gasteiger partial charge on any atom is 0.00886 e. The van der Waals surface area contributed by atoms with E-state index in [1.807, 2.05) is 0 Å². The minimum absolute atomic E-state index is 0.967. The van der Waals surface area contributed by atoms with Gasteiger partial charge < -0.3 is 0 Å². The smallest absolute Gasteiger partial charge is 0.00886 e. The molecule has 0 aromatic rings. The van der Waals surface area contributed by atoms with Crippen molar-refractivity contribution in [1.82, 2.24) is 0 Å². The summed E-state index contributed by atoms with van der Waals surface area (Å²) in [5.74, 6) is 7.77. The van der Waals surface area contributed by atoms with Gasteiger partial charge in [0.1, 0.15) is 0 Å². The Kier molecular flexibility index (Phi) is 24.2. The van der Waals surface area contributed by atoms with Gasteiger partial charge in [-0.05, 0) is 18.8 Å². The summed E-state index contributed by atoms with van der Waals surface area (Å²) in [5.41, 5.74) is 0. The Morgan fingerprint density at radius 3 is 1.29 bits per heavy atom. The van der Waals surface area contributed by atoms with E-state index in [1.165, 1.54) is 116 Å². The van der Waals surface area contributed by atoms with Gasteiger partial charge >= 0.3 is 0 Å². The summed E-state index contributed by atoms with van der Waals surface area (Å²) in [5, 5.41) is 0. The van der Waals surface area contributed by atoms with E-state index in [2.05, 4.69) is 32.6 Å². The maximum atomic E-state index is 3.93. The summed E-state index contributed by atoms with van der Waals surface area (Å²) in [4.78, 5) is 0. The monoisotopic (exact) mass is 388 g/mol. The first-order chi connectivity index (χ1) is 13.8. The van der Waals surface area contributed by atoms with Crippen molar-refractivity contribution < 1.29 is 0 Å². The lowest BCUT2D eigenvalue weighted by atomic mass is 9.92. The van der Waals surface area contributed by atoms with E-state index in [1.54, 1.807) is 0 Å². The molecule has 0 aromatic heterocycles. The molecule has 0 amide bonds. The molecule has 0 saturated carbocycles. The van der Waals surface area contributed by atoms with Gasteiger partial charge in [0.25, 0.3) is 0 Å². The predicted molar refractivity (Wildman–Crippen MR) is 129 cm³/mol. The van der Waals surface area contributed by atoms with Crippen molar-refractivity contribution in [2.45, 2.75) is 148 Å². The van der Waals surface area contributed by atoms with Crippen LogP contribution in [0.5, 0.6) is 0 Å². The molecule has 0 aromatic carbocycles. The Morgan fingerprint density at radius 2 is 0.857 bits per heavy atom. The molecular weight excluding hydrogens is 336 g/mol. The summed E-state index contributed by atoms with van der Waals surface area (Å²) in [7, 11) is 0. The maximum absolute atomic E-state index is 3.93. The number of unbranched alkanes of at least 4 members (excludes halogenated alkanes) is 16. The molecule has 28 heavy (non-hydrogen) atoms. The fourth-order valence-electron chi connectivity index (χ4n) is 3.97. The van der Waals surface area contributed by atoms with Crippen molar-refractivity contribution in [1.29, 1.82) is 0 Å². The van der Waals surface area contributed by atoms with Crippen molar-refractivity contribution in [3.8, 4) is 11.8 Å². The Hall–Kier alpha value is -0.440. The zero-order valence-corrected chi connectivity index (χ0v) is 19.5. The van der Waals surface area contributed by atoms with Crippen LogP contribution in [0, 0.1) is 31.6 Å². The topological polar surface area (TPSA) is 0 Å². The van der Waals surface area contributed by atoms with Crippen LogP contribution < -0.4 is 0 Å². The fraction of sp³-hybridized carbons (Fsp3) is 0.857. The van der Waals surface area contributed by atoms with Crippen LogP contribution >= 0.6 is 0 Å². The molecule has 0 spiro atoms. The van der Waals surface area contributed by atoms with E-state index in [0.29, 0.717) is 0 Å². The second-order valence-corrected chi connectivity index (χ2v) is 8.72. The Balaban J connectivity index is 3.33. The van der Waals surface area contributed by atoms with Crippen molar-refractivity contribution in [2.24, 2.45) is 5.92 Å². The Bertz CT molecular complexity index is 332. The van der Waals surface area contributed by atoms with Crippen LogP contribution in [0.2, 0.25) is 0 Å². The predicted octanol–water partition coefficient (Wildman–Crippen LogP) is 9.88. The van der Waals surface area contributed by atoms with Crippen LogP contribution in [0.3, 0.4) is 0 Å². The van der Waals surface area contributed by atoms with Crippen LogP contribution in [0.25, 0.3) is 0 Å². The van der Waals surface area contributed by atoms with Gasteiger partial charge in [-0.3, -0.25) is 0 Å². The van der Waals surface area contributed by atoms with E-state index < -0.39 is 0 Å². The van der Waals surface area contributed by atoms with E-state index in [9.17, 15) is 0 Å². The van der Waals surface area contributed by atoms with Crippen molar-refractivity contribution in [3.05, 3.63) is 13.8 Å². The van der Waals surface area contributed by atoms with E-state index in [4.69, 9.17) is 0 Å². The van der Waals surface area contributed by atoms with Gasteiger partial charge in [-0.1, -0.05) is 136 Å². The standard InChI is InChI=1S/C28H52/c1-4-7-9-11-12-13-14-15-16-17-18-19-20-21-23-25-27-28(6-3)26-24-22-10-8-5-2/h28H,1-2,4-17,20-27H2,3H3. The molecule has 0 rings (SSSR count). The van der Waals surface area contributed by atoms with Gasteiger partial charge in [0.2, 0.25) is 0 Å². The highest BCUT2D eigenvalue weighted by molar-refractivity contribution is 4.98. The molecule has 1 atom stereocenters. The van der Waals surface area contributed by atoms with Gasteiger partial charge in [0.05, 0.1) is 0 Å². The first-order valence-electron chi connectivity index (χ1n) is 12.9. The van der Waals surface area contributed by atoms with Crippen LogP contribution in [0.1, 0.15) is 148 Å². The van der Waals surface area contributed by atoms with Gasteiger partial charge in [0.15, 0.2) is 0 Å². The lowest BCUT2D eigenvalue weighted by Crippen LogP contribution is -1.99. The third-order valence-electron chi connectivity index (χ3n) is 6.03. The highest BCUT2D eigenvalue weighted by Gasteiger charge is 2.05. The molecule has 2 radical (unpaired) electrons. The minimum atomic E-state index is 0.967. The van der Waals surface area contributed by atoms with Crippen LogP contribution in [-0.4, -0.2) is 0 Å². The summed E-state index contributed by atoms with van der Waals surface area (Å²) in [6, 6.07) is 0.